The van der Waals surface area contributed by atoms with E-state index in [0.29, 0.717) is 16.7 Å². The lowest BCUT2D eigenvalue weighted by atomic mass is 10.1. The lowest BCUT2D eigenvalue weighted by molar-refractivity contribution is -0.115. The van der Waals surface area contributed by atoms with E-state index in [0.717, 1.165) is 5.56 Å². The van der Waals surface area contributed by atoms with E-state index in [1.54, 1.807) is 12.1 Å². The monoisotopic (exact) mass is 358 g/mol. The minimum atomic E-state index is -3.01. The highest BCUT2D eigenvalue weighted by Crippen LogP contribution is 2.39. The summed E-state index contributed by atoms with van der Waals surface area (Å²) in [5, 5.41) is 1.22. The number of carbonyl (C=O) groups excluding carboxylic acids is 1. The molecule has 8 heteroatoms. The zero-order valence-corrected chi connectivity index (χ0v) is 14.3. The lowest BCUT2D eigenvalue weighted by Crippen LogP contribution is -2.37. The molecule has 118 valence electrons. The van der Waals surface area contributed by atoms with E-state index >= 15 is 0 Å². The van der Waals surface area contributed by atoms with Gasteiger partial charge in [-0.25, -0.2) is 8.42 Å². The maximum Gasteiger partial charge on any atom is 0.244 e. The quantitative estimate of drug-likeness (QED) is 0.808. The van der Waals surface area contributed by atoms with Crippen LogP contribution in [0.2, 0.25) is 5.02 Å². The average Bonchev–Trinajstić information content (AvgIpc) is 2.85. The number of carbonyl (C=O) groups is 1. The zero-order valence-electron chi connectivity index (χ0n) is 11.9. The van der Waals surface area contributed by atoms with Crippen LogP contribution in [0.3, 0.4) is 0 Å². The number of nitrogens with zero attached hydrogens (tertiary/aromatic N) is 2. The average molecular weight is 359 g/mol. The van der Waals surface area contributed by atoms with Crippen molar-refractivity contribution >= 4 is 44.3 Å². The van der Waals surface area contributed by atoms with Crippen molar-refractivity contribution < 1.29 is 13.2 Å². The van der Waals surface area contributed by atoms with Gasteiger partial charge in [-0.1, -0.05) is 35.5 Å². The normalized spacial score (nSPS) is 28.1. The van der Waals surface area contributed by atoms with Gasteiger partial charge >= 0.3 is 0 Å². The molecule has 2 atom stereocenters. The van der Waals surface area contributed by atoms with Crippen molar-refractivity contribution in [2.75, 3.05) is 11.5 Å². The van der Waals surface area contributed by atoms with Gasteiger partial charge in [0, 0.05) is 23.7 Å². The maximum atomic E-state index is 11.9. The van der Waals surface area contributed by atoms with E-state index in [9.17, 15) is 13.2 Å². The van der Waals surface area contributed by atoms with Crippen LogP contribution in [0.1, 0.15) is 12.5 Å². The molecule has 2 fully saturated rings. The lowest BCUT2D eigenvalue weighted by Gasteiger charge is -2.24. The molecule has 1 aromatic carbocycles. The van der Waals surface area contributed by atoms with Crippen LogP contribution in [0.5, 0.6) is 0 Å². The van der Waals surface area contributed by atoms with Crippen LogP contribution >= 0.6 is 23.4 Å². The van der Waals surface area contributed by atoms with E-state index in [1.165, 1.54) is 18.7 Å². The number of amides is 1. The molecular weight excluding hydrogens is 344 g/mol. The number of fused-ring (bicyclic) bond motifs is 1. The van der Waals surface area contributed by atoms with Gasteiger partial charge in [0.2, 0.25) is 5.91 Å². The molecule has 3 rings (SSSR count). The van der Waals surface area contributed by atoms with Crippen molar-refractivity contribution in [2.24, 2.45) is 4.99 Å². The Morgan fingerprint density at radius 2 is 2.05 bits per heavy atom. The molecule has 5 nitrogen and oxygen atoms in total. The van der Waals surface area contributed by atoms with Crippen molar-refractivity contribution in [1.29, 1.82) is 0 Å². The maximum absolute atomic E-state index is 11.9. The Bertz CT molecular complexity index is 731. The van der Waals surface area contributed by atoms with E-state index in [4.69, 9.17) is 11.6 Å². The van der Waals surface area contributed by atoms with Gasteiger partial charge in [0.1, 0.15) is 0 Å². The van der Waals surface area contributed by atoms with E-state index in [2.05, 4.69) is 4.99 Å². The summed E-state index contributed by atoms with van der Waals surface area (Å²) in [6.45, 7) is 1.92. The van der Waals surface area contributed by atoms with Crippen molar-refractivity contribution in [3.8, 4) is 0 Å². The van der Waals surface area contributed by atoms with Crippen LogP contribution in [0, 0.1) is 0 Å². The molecule has 0 N–H and O–H groups in total. The number of sulfone groups is 1. The fourth-order valence-electron chi connectivity index (χ4n) is 2.74. The molecule has 2 aliphatic rings. The summed E-state index contributed by atoms with van der Waals surface area (Å²) >= 11 is 7.28. The number of amidine groups is 1. The van der Waals surface area contributed by atoms with Gasteiger partial charge in [0.15, 0.2) is 15.0 Å². The van der Waals surface area contributed by atoms with E-state index < -0.39 is 9.84 Å². The van der Waals surface area contributed by atoms with Gasteiger partial charge in [-0.15, -0.1) is 0 Å². The highest BCUT2D eigenvalue weighted by molar-refractivity contribution is 8.15. The third-order valence-corrected chi connectivity index (χ3v) is 7.19. The van der Waals surface area contributed by atoms with Gasteiger partial charge in [-0.3, -0.25) is 4.79 Å². The molecule has 0 saturated carbocycles. The predicted molar refractivity (Wildman–Crippen MR) is 88.9 cm³/mol. The Morgan fingerprint density at radius 1 is 1.36 bits per heavy atom. The molecule has 22 heavy (non-hydrogen) atoms. The molecule has 0 aromatic heterocycles. The van der Waals surface area contributed by atoms with E-state index in [-0.39, 0.29) is 28.7 Å². The first kappa shape index (κ1) is 15.8. The molecule has 0 bridgehead atoms. The van der Waals surface area contributed by atoms with Crippen LogP contribution in [0.4, 0.5) is 0 Å². The van der Waals surface area contributed by atoms with Gasteiger partial charge in [0.25, 0.3) is 0 Å². The molecule has 0 unspecified atom stereocenters. The number of hydrogen-bond acceptors (Lipinski definition) is 4. The summed E-state index contributed by atoms with van der Waals surface area (Å²) in [5.74, 6) is -0.00242. The predicted octanol–water partition coefficient (Wildman–Crippen LogP) is 1.96. The molecular formula is C14H15ClN2O3S2. The van der Waals surface area contributed by atoms with Crippen LogP contribution in [-0.4, -0.2) is 47.2 Å². The minimum absolute atomic E-state index is 0.0459. The Hall–Kier alpha value is -1.05. The standard InChI is InChI=1S/C14H15ClN2O3S2/c1-9(18)16-14-17(6-10-2-4-11(15)5-3-10)12-7-22(19,20)8-13(12)21-14/h2-5,12-13H,6-8H2,1H3/t12-,13-/m1/s1. The zero-order chi connectivity index (χ0) is 15.9. The fraction of sp³-hybridized carbons (Fsp3) is 0.429. The summed E-state index contributed by atoms with van der Waals surface area (Å²) in [6.07, 6.45) is 0. The smallest absolute Gasteiger partial charge is 0.244 e. The summed E-state index contributed by atoms with van der Waals surface area (Å²) in [4.78, 5) is 17.3. The van der Waals surface area contributed by atoms with Crippen molar-refractivity contribution in [3.05, 3.63) is 34.9 Å². The van der Waals surface area contributed by atoms with Crippen molar-refractivity contribution in [1.82, 2.24) is 4.90 Å². The summed E-state index contributed by atoms with van der Waals surface area (Å²) in [7, 11) is -3.01. The SMILES string of the molecule is CC(=O)N=C1S[C@@H]2CS(=O)(=O)C[C@H]2N1Cc1ccc(Cl)cc1. The minimum Gasteiger partial charge on any atom is -0.342 e. The summed E-state index contributed by atoms with van der Waals surface area (Å²) in [6, 6.07) is 7.27. The second kappa shape index (κ2) is 5.86. The molecule has 0 spiro atoms. The summed E-state index contributed by atoms with van der Waals surface area (Å²) in [5.41, 5.74) is 1.01. The first-order chi connectivity index (χ1) is 10.3. The Morgan fingerprint density at radius 3 is 2.68 bits per heavy atom. The second-order valence-electron chi connectivity index (χ2n) is 5.47. The van der Waals surface area contributed by atoms with Crippen LogP contribution in [0.25, 0.3) is 0 Å². The molecule has 2 saturated heterocycles. The first-order valence-corrected chi connectivity index (χ1v) is 9.89. The number of aliphatic imine (C=N–C) groups is 1. The Labute approximate surface area is 138 Å². The van der Waals surface area contributed by atoms with E-state index in [1.807, 2.05) is 17.0 Å². The molecule has 2 aliphatic heterocycles. The first-order valence-electron chi connectivity index (χ1n) is 6.81. The molecule has 1 aromatic rings. The Balaban J connectivity index is 1.89. The van der Waals surface area contributed by atoms with Crippen LogP contribution in [-0.2, 0) is 21.2 Å². The molecule has 1 amide bonds. The van der Waals surface area contributed by atoms with Crippen molar-refractivity contribution in [2.45, 2.75) is 24.8 Å². The van der Waals surface area contributed by atoms with Gasteiger partial charge in [-0.05, 0) is 17.7 Å². The number of halogens is 1. The number of rotatable bonds is 2. The topological polar surface area (TPSA) is 66.8 Å². The number of hydrogen-bond donors (Lipinski definition) is 0. The molecule has 0 aliphatic carbocycles. The second-order valence-corrected chi connectivity index (χ2v) is 9.26. The summed E-state index contributed by atoms with van der Waals surface area (Å²) < 4.78 is 23.7. The molecule has 0 radical (unpaired) electrons. The van der Waals surface area contributed by atoms with Crippen molar-refractivity contribution in [3.63, 3.8) is 0 Å². The van der Waals surface area contributed by atoms with Gasteiger partial charge < -0.3 is 4.90 Å². The Kier molecular flexibility index (Phi) is 4.22. The third-order valence-electron chi connectivity index (χ3n) is 3.69. The van der Waals surface area contributed by atoms with Gasteiger partial charge in [0.05, 0.1) is 17.5 Å². The molecule has 2 heterocycles. The number of benzene rings is 1. The largest absolute Gasteiger partial charge is 0.342 e. The highest BCUT2D eigenvalue weighted by Gasteiger charge is 2.48. The fourth-order valence-corrected chi connectivity index (χ4v) is 6.86. The highest BCUT2D eigenvalue weighted by atomic mass is 35.5. The van der Waals surface area contributed by atoms with Gasteiger partial charge in [-0.2, -0.15) is 4.99 Å². The van der Waals surface area contributed by atoms with Crippen LogP contribution in [0.15, 0.2) is 29.3 Å². The third kappa shape index (κ3) is 3.31. The number of thioether (sulfide) groups is 1. The van der Waals surface area contributed by atoms with Crippen LogP contribution < -0.4 is 0 Å².